The molecule has 1 unspecified atom stereocenters. The van der Waals surface area contributed by atoms with E-state index in [2.05, 4.69) is 43.4 Å². The molecule has 0 saturated carbocycles. The van der Waals surface area contributed by atoms with Crippen molar-refractivity contribution in [2.45, 2.75) is 31.1 Å². The third-order valence-electron chi connectivity index (χ3n) is 3.22. The van der Waals surface area contributed by atoms with Crippen molar-refractivity contribution in [3.63, 3.8) is 0 Å². The highest BCUT2D eigenvalue weighted by Crippen LogP contribution is 2.44. The van der Waals surface area contributed by atoms with E-state index < -0.39 is 8.07 Å². The van der Waals surface area contributed by atoms with E-state index in [9.17, 15) is 0 Å². The van der Waals surface area contributed by atoms with Gasteiger partial charge in [0, 0.05) is 0 Å². The second-order valence-corrected chi connectivity index (χ2v) is 9.66. The SMILES string of the molecule is C[Si]1(C)CCC1c1ccccc1. The highest BCUT2D eigenvalue weighted by molar-refractivity contribution is 6.81. The van der Waals surface area contributed by atoms with Crippen LogP contribution in [-0.2, 0) is 0 Å². The maximum Gasteiger partial charge on any atom is 0.0551 e. The molecule has 1 aromatic rings. The molecule has 1 heterocycles. The van der Waals surface area contributed by atoms with Crippen LogP contribution in [0.1, 0.15) is 17.5 Å². The third-order valence-corrected chi connectivity index (χ3v) is 7.31. The zero-order chi connectivity index (χ0) is 8.60. The summed E-state index contributed by atoms with van der Waals surface area (Å²) in [5.74, 6) is 0. The smallest absolute Gasteiger partial charge is 0.0551 e. The molecule has 0 spiro atoms. The van der Waals surface area contributed by atoms with Gasteiger partial charge in [-0.15, -0.1) is 0 Å². The van der Waals surface area contributed by atoms with E-state index in [1.807, 2.05) is 0 Å². The van der Waals surface area contributed by atoms with Crippen LogP contribution in [0.2, 0.25) is 19.1 Å². The lowest BCUT2D eigenvalue weighted by molar-refractivity contribution is 0.734. The van der Waals surface area contributed by atoms with Crippen molar-refractivity contribution in [3.05, 3.63) is 35.9 Å². The summed E-state index contributed by atoms with van der Waals surface area (Å²) in [5.41, 5.74) is 2.53. The summed E-state index contributed by atoms with van der Waals surface area (Å²) in [6, 6.07) is 12.5. The second-order valence-electron chi connectivity index (χ2n) is 4.49. The zero-order valence-electron chi connectivity index (χ0n) is 7.88. The molecule has 64 valence electrons. The van der Waals surface area contributed by atoms with Crippen LogP contribution >= 0.6 is 0 Å². The summed E-state index contributed by atoms with van der Waals surface area (Å²) in [6.07, 6.45) is 1.43. The first-order valence-electron chi connectivity index (χ1n) is 4.75. The normalized spacial score (nSPS) is 26.3. The Bertz CT molecular complexity index is 264. The molecule has 1 aliphatic heterocycles. The van der Waals surface area contributed by atoms with Crippen molar-refractivity contribution in [1.29, 1.82) is 0 Å². The Morgan fingerprint density at radius 2 is 1.83 bits per heavy atom. The first kappa shape index (κ1) is 8.05. The van der Waals surface area contributed by atoms with Crippen LogP contribution in [0.25, 0.3) is 0 Å². The Hall–Kier alpha value is -0.563. The van der Waals surface area contributed by atoms with E-state index in [0.29, 0.717) is 0 Å². The van der Waals surface area contributed by atoms with Crippen LogP contribution in [0.15, 0.2) is 30.3 Å². The van der Waals surface area contributed by atoms with Crippen molar-refractivity contribution in [1.82, 2.24) is 0 Å². The molecule has 2 rings (SSSR count). The van der Waals surface area contributed by atoms with Crippen molar-refractivity contribution in [2.24, 2.45) is 0 Å². The summed E-state index contributed by atoms with van der Waals surface area (Å²) in [5, 5.41) is 0. The molecule has 0 nitrogen and oxygen atoms in total. The third kappa shape index (κ3) is 1.22. The van der Waals surface area contributed by atoms with Crippen molar-refractivity contribution >= 4 is 8.07 Å². The number of hydrogen-bond donors (Lipinski definition) is 0. The Kier molecular flexibility index (Phi) is 1.84. The lowest BCUT2D eigenvalue weighted by Gasteiger charge is -2.43. The topological polar surface area (TPSA) is 0 Å². The molecule has 1 fully saturated rings. The summed E-state index contributed by atoms with van der Waals surface area (Å²) in [7, 11) is -0.821. The molecule has 0 aromatic heterocycles. The molecule has 0 bridgehead atoms. The minimum absolute atomic E-state index is 0.821. The highest BCUT2D eigenvalue weighted by atomic mass is 28.3. The first-order chi connectivity index (χ1) is 5.70. The summed E-state index contributed by atoms with van der Waals surface area (Å²) in [6.45, 7) is 5.02. The van der Waals surface area contributed by atoms with Gasteiger partial charge in [0.05, 0.1) is 8.07 Å². The molecular formula is C11H16Si. The van der Waals surface area contributed by atoms with Gasteiger partial charge in [-0.2, -0.15) is 0 Å². The highest BCUT2D eigenvalue weighted by Gasteiger charge is 2.40. The van der Waals surface area contributed by atoms with E-state index in [1.165, 1.54) is 12.5 Å². The number of rotatable bonds is 1. The molecule has 0 N–H and O–H groups in total. The Balaban J connectivity index is 2.22. The Morgan fingerprint density at radius 3 is 2.25 bits per heavy atom. The van der Waals surface area contributed by atoms with Crippen LogP contribution in [0.4, 0.5) is 0 Å². The van der Waals surface area contributed by atoms with Gasteiger partial charge in [-0.05, 0) is 11.1 Å². The first-order valence-corrected chi connectivity index (χ1v) is 8.03. The molecule has 0 amide bonds. The molecule has 1 aromatic carbocycles. The average Bonchev–Trinajstić information content (AvgIpc) is 2.05. The van der Waals surface area contributed by atoms with Crippen LogP contribution < -0.4 is 0 Å². The summed E-state index contributed by atoms with van der Waals surface area (Å²) < 4.78 is 0. The van der Waals surface area contributed by atoms with Crippen molar-refractivity contribution in [2.75, 3.05) is 0 Å². The van der Waals surface area contributed by atoms with Crippen LogP contribution in [0.3, 0.4) is 0 Å². The van der Waals surface area contributed by atoms with Gasteiger partial charge in [-0.25, -0.2) is 0 Å². The van der Waals surface area contributed by atoms with Gasteiger partial charge in [0.15, 0.2) is 0 Å². The molecule has 1 atom stereocenters. The standard InChI is InChI=1S/C11H16Si/c1-12(2)9-8-11(12)10-6-4-3-5-7-10/h3-7,11H,8-9H2,1-2H3. The quantitative estimate of drug-likeness (QED) is 0.575. The Labute approximate surface area is 75.6 Å². The second kappa shape index (κ2) is 2.73. The fourth-order valence-electron chi connectivity index (χ4n) is 2.17. The zero-order valence-corrected chi connectivity index (χ0v) is 8.88. The van der Waals surface area contributed by atoms with E-state index in [4.69, 9.17) is 0 Å². The Morgan fingerprint density at radius 1 is 1.17 bits per heavy atom. The molecule has 0 radical (unpaired) electrons. The van der Waals surface area contributed by atoms with Gasteiger partial charge < -0.3 is 0 Å². The number of hydrogen-bond acceptors (Lipinski definition) is 0. The van der Waals surface area contributed by atoms with Gasteiger partial charge in [0.25, 0.3) is 0 Å². The molecule has 0 aliphatic carbocycles. The van der Waals surface area contributed by atoms with Gasteiger partial charge >= 0.3 is 0 Å². The van der Waals surface area contributed by atoms with Gasteiger partial charge in [-0.1, -0.05) is 55.9 Å². The van der Waals surface area contributed by atoms with Crippen LogP contribution in [0, 0.1) is 0 Å². The van der Waals surface area contributed by atoms with Crippen LogP contribution in [-0.4, -0.2) is 8.07 Å². The molecule has 1 saturated heterocycles. The van der Waals surface area contributed by atoms with Gasteiger partial charge in [-0.3, -0.25) is 0 Å². The predicted octanol–water partition coefficient (Wildman–Crippen LogP) is 3.42. The lowest BCUT2D eigenvalue weighted by Crippen LogP contribution is -2.43. The average molecular weight is 176 g/mol. The maximum atomic E-state index is 2.51. The molecular weight excluding hydrogens is 160 g/mol. The minimum atomic E-state index is -0.821. The fourth-order valence-corrected chi connectivity index (χ4v) is 5.00. The fraction of sp³-hybridized carbons (Fsp3) is 0.455. The maximum absolute atomic E-state index is 2.51. The van der Waals surface area contributed by atoms with E-state index >= 15 is 0 Å². The van der Waals surface area contributed by atoms with Gasteiger partial charge in [0.2, 0.25) is 0 Å². The predicted molar refractivity (Wildman–Crippen MR) is 56.1 cm³/mol. The van der Waals surface area contributed by atoms with E-state index in [-0.39, 0.29) is 0 Å². The largest absolute Gasteiger partial charge is 0.0689 e. The van der Waals surface area contributed by atoms with Crippen molar-refractivity contribution in [3.8, 4) is 0 Å². The minimum Gasteiger partial charge on any atom is -0.0689 e. The molecule has 1 heteroatoms. The van der Waals surface area contributed by atoms with Crippen molar-refractivity contribution < 1.29 is 0 Å². The number of benzene rings is 1. The summed E-state index contributed by atoms with van der Waals surface area (Å²) in [4.78, 5) is 0. The molecule has 1 aliphatic rings. The lowest BCUT2D eigenvalue weighted by atomic mass is 10.1. The van der Waals surface area contributed by atoms with Gasteiger partial charge in [0.1, 0.15) is 0 Å². The molecule has 12 heavy (non-hydrogen) atoms. The monoisotopic (exact) mass is 176 g/mol. The van der Waals surface area contributed by atoms with E-state index in [1.54, 1.807) is 5.56 Å². The van der Waals surface area contributed by atoms with Crippen LogP contribution in [0.5, 0.6) is 0 Å². The summed E-state index contributed by atoms with van der Waals surface area (Å²) >= 11 is 0. The van der Waals surface area contributed by atoms with E-state index in [0.717, 1.165) is 5.54 Å².